The predicted octanol–water partition coefficient (Wildman–Crippen LogP) is 0.383. The molecule has 0 radical (unpaired) electrons. The van der Waals surface area contributed by atoms with Crippen LogP contribution >= 0.6 is 0 Å². The van der Waals surface area contributed by atoms with E-state index in [1.807, 2.05) is 0 Å². The van der Waals surface area contributed by atoms with Crippen molar-refractivity contribution in [1.82, 2.24) is 0 Å². The maximum Gasteiger partial charge on any atom is 0.329 e. The molecule has 0 amide bonds. The van der Waals surface area contributed by atoms with Gasteiger partial charge in [0.25, 0.3) is 0 Å². The lowest BCUT2D eigenvalue weighted by molar-refractivity contribution is -0.137. The minimum absolute atomic E-state index is 0.163. The van der Waals surface area contributed by atoms with E-state index in [2.05, 4.69) is 19.7 Å². The lowest BCUT2D eigenvalue weighted by Crippen LogP contribution is -2.54. The molecule has 0 unspecified atom stereocenters. The molecule has 116 valence electrons. The van der Waals surface area contributed by atoms with E-state index in [4.69, 9.17) is 18.6 Å². The number of hydrogen-bond donors (Lipinski definition) is 0. The fraction of sp³-hybridized carbons (Fsp3) is 0.308. The summed E-state index contributed by atoms with van der Waals surface area (Å²) in [5, 5.41) is 0. The first-order valence-corrected chi connectivity index (χ1v) is 8.38. The van der Waals surface area contributed by atoms with Crippen LogP contribution in [0.25, 0.3) is 0 Å². The van der Waals surface area contributed by atoms with Gasteiger partial charge in [0.1, 0.15) is 18.7 Å². The van der Waals surface area contributed by atoms with Crippen LogP contribution in [0.2, 0.25) is 0 Å². The fourth-order valence-corrected chi connectivity index (χ4v) is 2.91. The van der Waals surface area contributed by atoms with Crippen molar-refractivity contribution in [3.63, 3.8) is 0 Å². The van der Waals surface area contributed by atoms with E-state index in [9.17, 15) is 14.4 Å². The molecule has 0 aromatic heterocycles. The molecule has 0 heterocycles. The number of rotatable bonds is 10. The molecule has 0 aromatic rings. The Morgan fingerprint density at radius 1 is 0.810 bits per heavy atom. The van der Waals surface area contributed by atoms with Gasteiger partial charge in [0.05, 0.1) is 0 Å². The molecule has 7 nitrogen and oxygen atoms in total. The van der Waals surface area contributed by atoms with Crippen LogP contribution in [0.4, 0.5) is 0 Å². The summed E-state index contributed by atoms with van der Waals surface area (Å²) >= 11 is 0. The Hall–Kier alpha value is -2.19. The SMILES string of the molecule is C=CC(=O)OC[Si](COC(=O)C=C)(COC(=O)C=C)OC. The first-order valence-electron chi connectivity index (χ1n) is 5.85. The summed E-state index contributed by atoms with van der Waals surface area (Å²) < 4.78 is 20.1. The van der Waals surface area contributed by atoms with E-state index >= 15 is 0 Å². The van der Waals surface area contributed by atoms with Crippen molar-refractivity contribution in [3.8, 4) is 0 Å². The molecule has 0 rings (SSSR count). The van der Waals surface area contributed by atoms with Crippen LogP contribution in [-0.4, -0.2) is 52.0 Å². The molecule has 8 heteroatoms. The fourth-order valence-electron chi connectivity index (χ4n) is 1.09. The lowest BCUT2D eigenvalue weighted by atomic mass is 10.7. The lowest BCUT2D eigenvalue weighted by Gasteiger charge is -2.27. The monoisotopic (exact) mass is 314 g/mol. The molecule has 21 heavy (non-hydrogen) atoms. The Kier molecular flexibility index (Phi) is 8.66. The molecule has 0 saturated carbocycles. The van der Waals surface area contributed by atoms with Crippen LogP contribution in [0.5, 0.6) is 0 Å². The zero-order valence-electron chi connectivity index (χ0n) is 11.8. The van der Waals surface area contributed by atoms with Gasteiger partial charge in [-0.25, -0.2) is 14.4 Å². The van der Waals surface area contributed by atoms with Gasteiger partial charge in [-0.15, -0.1) is 0 Å². The Morgan fingerprint density at radius 3 is 1.29 bits per heavy atom. The largest absolute Gasteiger partial charge is 0.463 e. The molecule has 0 aliphatic carbocycles. The summed E-state index contributed by atoms with van der Waals surface area (Å²) in [6.45, 7) is 9.79. The van der Waals surface area contributed by atoms with Crippen molar-refractivity contribution < 1.29 is 33.0 Å². The summed E-state index contributed by atoms with van der Waals surface area (Å²) in [6.07, 6.45) is 2.47. The molecule has 0 fully saturated rings. The quantitative estimate of drug-likeness (QED) is 0.249. The summed E-state index contributed by atoms with van der Waals surface area (Å²) in [6, 6.07) is 0. The number of hydrogen-bond acceptors (Lipinski definition) is 7. The van der Waals surface area contributed by atoms with Crippen LogP contribution in [-0.2, 0) is 33.0 Å². The highest BCUT2D eigenvalue weighted by molar-refractivity contribution is 6.74. The van der Waals surface area contributed by atoms with Crippen LogP contribution in [0.1, 0.15) is 0 Å². The maximum atomic E-state index is 11.1. The summed E-state index contributed by atoms with van der Waals surface area (Å²) in [4.78, 5) is 33.4. The number of carbonyl (C=O) groups excluding carboxylic acids is 3. The Bertz CT molecular complexity index is 370. The molecular formula is C13H18O7Si. The minimum Gasteiger partial charge on any atom is -0.463 e. The molecule has 0 aliphatic heterocycles. The molecule has 0 aromatic carbocycles. The Balaban J connectivity index is 4.87. The molecule has 0 aliphatic rings. The van der Waals surface area contributed by atoms with Crippen molar-refractivity contribution in [2.75, 3.05) is 25.8 Å². The smallest absolute Gasteiger partial charge is 0.329 e. The van der Waals surface area contributed by atoms with Gasteiger partial charge >= 0.3 is 26.2 Å². The average molecular weight is 314 g/mol. The van der Waals surface area contributed by atoms with Gasteiger partial charge in [-0.2, -0.15) is 0 Å². The first-order chi connectivity index (χ1) is 9.92. The van der Waals surface area contributed by atoms with E-state index in [0.29, 0.717) is 0 Å². The van der Waals surface area contributed by atoms with E-state index < -0.39 is 26.2 Å². The van der Waals surface area contributed by atoms with Crippen molar-refractivity contribution in [2.45, 2.75) is 0 Å². The zero-order valence-corrected chi connectivity index (χ0v) is 12.8. The highest BCUT2D eigenvalue weighted by Gasteiger charge is 2.40. The summed E-state index contributed by atoms with van der Waals surface area (Å²) in [7, 11) is -1.62. The second-order valence-corrected chi connectivity index (χ2v) is 7.46. The van der Waals surface area contributed by atoms with Crippen LogP contribution < -0.4 is 0 Å². The van der Waals surface area contributed by atoms with E-state index in [-0.39, 0.29) is 18.7 Å². The minimum atomic E-state index is -2.98. The second-order valence-electron chi connectivity index (χ2n) is 3.82. The van der Waals surface area contributed by atoms with Crippen LogP contribution in [0.15, 0.2) is 38.0 Å². The third-order valence-electron chi connectivity index (χ3n) is 2.37. The van der Waals surface area contributed by atoms with Gasteiger partial charge in [0, 0.05) is 25.3 Å². The van der Waals surface area contributed by atoms with Gasteiger partial charge in [0.2, 0.25) is 0 Å². The highest BCUT2D eigenvalue weighted by Crippen LogP contribution is 2.08. The maximum absolute atomic E-state index is 11.1. The summed E-state index contributed by atoms with van der Waals surface area (Å²) in [5.74, 6) is -1.97. The van der Waals surface area contributed by atoms with Gasteiger partial charge in [-0.05, 0) is 0 Å². The molecule has 0 spiro atoms. The third-order valence-corrected chi connectivity index (χ3v) is 5.24. The molecular weight excluding hydrogens is 296 g/mol. The van der Waals surface area contributed by atoms with Crippen LogP contribution in [0.3, 0.4) is 0 Å². The number of esters is 3. The van der Waals surface area contributed by atoms with Crippen molar-refractivity contribution >= 4 is 26.2 Å². The Labute approximate surface area is 123 Å². The van der Waals surface area contributed by atoms with Crippen molar-refractivity contribution in [1.29, 1.82) is 0 Å². The van der Waals surface area contributed by atoms with Gasteiger partial charge in [-0.3, -0.25) is 0 Å². The topological polar surface area (TPSA) is 88.1 Å². The van der Waals surface area contributed by atoms with E-state index in [0.717, 1.165) is 18.2 Å². The van der Waals surface area contributed by atoms with Gasteiger partial charge in [-0.1, -0.05) is 19.7 Å². The Morgan fingerprint density at radius 2 is 1.10 bits per heavy atom. The standard InChI is InChI=1S/C13H18O7Si/c1-5-11(14)18-8-21(17-4,9-19-12(15)6-2)10-20-13(16)7-3/h5-7H,1-3,8-10H2,4H3. The molecule has 0 N–H and O–H groups in total. The zero-order chi connectivity index (χ0) is 16.3. The average Bonchev–Trinajstić information content (AvgIpc) is 2.53. The van der Waals surface area contributed by atoms with E-state index in [1.54, 1.807) is 0 Å². The molecule has 0 saturated heterocycles. The third kappa shape index (κ3) is 7.23. The molecule has 0 atom stereocenters. The van der Waals surface area contributed by atoms with Gasteiger partial charge in [0.15, 0.2) is 0 Å². The highest BCUT2D eigenvalue weighted by atomic mass is 28.4. The molecule has 0 bridgehead atoms. The summed E-state index contributed by atoms with van der Waals surface area (Å²) in [5.41, 5.74) is 0. The predicted molar refractivity (Wildman–Crippen MR) is 76.2 cm³/mol. The number of ether oxygens (including phenoxy) is 3. The van der Waals surface area contributed by atoms with Crippen molar-refractivity contribution in [3.05, 3.63) is 38.0 Å². The second kappa shape index (κ2) is 9.67. The van der Waals surface area contributed by atoms with Crippen LogP contribution in [0, 0.1) is 0 Å². The van der Waals surface area contributed by atoms with Crippen molar-refractivity contribution in [2.24, 2.45) is 0 Å². The van der Waals surface area contributed by atoms with Gasteiger partial charge < -0.3 is 18.6 Å². The van der Waals surface area contributed by atoms with E-state index in [1.165, 1.54) is 7.11 Å². The normalized spacial score (nSPS) is 10.1. The number of carbonyl (C=O) groups is 3. The first kappa shape index (κ1) is 18.8.